The second-order valence-corrected chi connectivity index (χ2v) is 7.79. The van der Waals surface area contributed by atoms with Crippen LogP contribution in [0.25, 0.3) is 11.1 Å². The number of rotatable bonds is 9. The van der Waals surface area contributed by atoms with Crippen LogP contribution in [0.2, 0.25) is 0 Å². The maximum absolute atomic E-state index is 12.2. The molecule has 0 bridgehead atoms. The highest BCUT2D eigenvalue weighted by Crippen LogP contribution is 2.29. The van der Waals surface area contributed by atoms with E-state index in [-0.39, 0.29) is 12.5 Å². The summed E-state index contributed by atoms with van der Waals surface area (Å²) in [6.45, 7) is 2.44. The third-order valence-electron chi connectivity index (χ3n) is 5.14. The molecule has 0 heterocycles. The molecule has 0 aliphatic heterocycles. The Hall–Kier alpha value is -4.38. The fourth-order valence-corrected chi connectivity index (χ4v) is 3.30. The van der Waals surface area contributed by atoms with Crippen LogP contribution < -0.4 is 14.9 Å². The van der Waals surface area contributed by atoms with E-state index < -0.39 is 0 Å². The molecule has 4 aromatic rings. The Morgan fingerprint density at radius 3 is 2.29 bits per heavy atom. The molecular formula is C29H26N2O3. The number of carbonyl (C=O) groups excluding carboxylic acids is 1. The zero-order valence-corrected chi connectivity index (χ0v) is 19.0. The van der Waals surface area contributed by atoms with Crippen LogP contribution in [0.4, 0.5) is 0 Å². The van der Waals surface area contributed by atoms with E-state index in [4.69, 9.17) is 9.47 Å². The number of nitrogens with one attached hydrogen (secondary N) is 1. The summed E-state index contributed by atoms with van der Waals surface area (Å²) in [7, 11) is 0. The Morgan fingerprint density at radius 1 is 0.824 bits per heavy atom. The van der Waals surface area contributed by atoms with E-state index >= 15 is 0 Å². The molecule has 0 saturated carbocycles. The standard InChI is InChI=1S/C29H26N2O3/c1-22-11-13-24(14-12-22)20-33-26-17-15-23(16-18-26)19-30-31-29(32)21-34-28-10-6-5-9-27(28)25-7-3-2-4-8-25/h2-19H,20-21H2,1H3,(H,31,32)/b30-19+. The van der Waals surface area contributed by atoms with Crippen LogP contribution in [0.3, 0.4) is 0 Å². The van der Waals surface area contributed by atoms with Gasteiger partial charge in [-0.05, 0) is 53.9 Å². The number of para-hydroxylation sites is 1. The molecule has 170 valence electrons. The number of aryl methyl sites for hydroxylation is 1. The summed E-state index contributed by atoms with van der Waals surface area (Å²) in [5.74, 6) is 1.08. The number of ether oxygens (including phenoxy) is 2. The van der Waals surface area contributed by atoms with E-state index in [1.54, 1.807) is 6.21 Å². The lowest BCUT2D eigenvalue weighted by Gasteiger charge is -2.10. The zero-order valence-electron chi connectivity index (χ0n) is 19.0. The molecule has 1 N–H and O–H groups in total. The molecule has 0 unspecified atom stereocenters. The first-order chi connectivity index (χ1) is 16.7. The number of hydrogen-bond acceptors (Lipinski definition) is 4. The van der Waals surface area contributed by atoms with Gasteiger partial charge in [-0.25, -0.2) is 5.43 Å². The zero-order chi connectivity index (χ0) is 23.6. The maximum Gasteiger partial charge on any atom is 0.277 e. The fourth-order valence-electron chi connectivity index (χ4n) is 3.30. The number of amides is 1. The van der Waals surface area contributed by atoms with Gasteiger partial charge in [-0.1, -0.05) is 78.4 Å². The van der Waals surface area contributed by atoms with Gasteiger partial charge in [0.25, 0.3) is 5.91 Å². The Bertz CT molecular complexity index is 1230. The lowest BCUT2D eigenvalue weighted by atomic mass is 10.1. The van der Waals surface area contributed by atoms with E-state index in [2.05, 4.69) is 41.7 Å². The Kier molecular flexibility index (Phi) is 7.70. The van der Waals surface area contributed by atoms with E-state index in [1.165, 1.54) is 5.56 Å². The lowest BCUT2D eigenvalue weighted by molar-refractivity contribution is -0.123. The molecule has 0 radical (unpaired) electrons. The smallest absolute Gasteiger partial charge is 0.277 e. The molecule has 1 amide bonds. The van der Waals surface area contributed by atoms with Gasteiger partial charge in [0.2, 0.25) is 0 Å². The van der Waals surface area contributed by atoms with Gasteiger partial charge in [-0.3, -0.25) is 4.79 Å². The topological polar surface area (TPSA) is 59.9 Å². The van der Waals surface area contributed by atoms with Crippen LogP contribution in [0.5, 0.6) is 11.5 Å². The van der Waals surface area contributed by atoms with Gasteiger partial charge in [-0.2, -0.15) is 5.10 Å². The van der Waals surface area contributed by atoms with Crippen molar-refractivity contribution in [3.8, 4) is 22.6 Å². The number of nitrogens with zero attached hydrogens (tertiary/aromatic N) is 1. The highest BCUT2D eigenvalue weighted by molar-refractivity contribution is 5.83. The maximum atomic E-state index is 12.2. The quantitative estimate of drug-likeness (QED) is 0.260. The van der Waals surface area contributed by atoms with Crippen molar-refractivity contribution < 1.29 is 14.3 Å². The van der Waals surface area contributed by atoms with E-state index in [9.17, 15) is 4.79 Å². The van der Waals surface area contributed by atoms with Crippen LogP contribution in [0.15, 0.2) is 108 Å². The van der Waals surface area contributed by atoms with Gasteiger partial charge in [0.1, 0.15) is 18.1 Å². The predicted octanol–water partition coefficient (Wildman–Crippen LogP) is 5.77. The molecule has 34 heavy (non-hydrogen) atoms. The van der Waals surface area contributed by atoms with Crippen LogP contribution in [0, 0.1) is 6.92 Å². The molecule has 4 aromatic carbocycles. The Balaban J connectivity index is 1.25. The minimum absolute atomic E-state index is 0.132. The number of benzene rings is 4. The van der Waals surface area contributed by atoms with Gasteiger partial charge >= 0.3 is 0 Å². The SMILES string of the molecule is Cc1ccc(COc2ccc(/C=N/NC(=O)COc3ccccc3-c3ccccc3)cc2)cc1. The van der Waals surface area contributed by atoms with Crippen molar-refractivity contribution in [1.82, 2.24) is 5.43 Å². The summed E-state index contributed by atoms with van der Waals surface area (Å²) >= 11 is 0. The van der Waals surface area contributed by atoms with Crippen molar-refractivity contribution in [2.24, 2.45) is 5.10 Å². The average molecular weight is 451 g/mol. The molecule has 0 fully saturated rings. The molecule has 0 atom stereocenters. The van der Waals surface area contributed by atoms with Gasteiger partial charge in [0.15, 0.2) is 6.61 Å². The summed E-state index contributed by atoms with van der Waals surface area (Å²) in [5.41, 5.74) is 7.65. The molecule has 4 rings (SSSR count). The summed E-state index contributed by atoms with van der Waals surface area (Å²) in [5, 5.41) is 4.02. The predicted molar refractivity (Wildman–Crippen MR) is 135 cm³/mol. The second kappa shape index (κ2) is 11.5. The van der Waals surface area contributed by atoms with Gasteiger partial charge in [0, 0.05) is 5.56 Å². The van der Waals surface area contributed by atoms with Crippen LogP contribution in [0.1, 0.15) is 16.7 Å². The van der Waals surface area contributed by atoms with Crippen LogP contribution in [-0.2, 0) is 11.4 Å². The highest BCUT2D eigenvalue weighted by atomic mass is 16.5. The van der Waals surface area contributed by atoms with Crippen molar-refractivity contribution in [3.63, 3.8) is 0 Å². The lowest BCUT2D eigenvalue weighted by Crippen LogP contribution is -2.24. The molecule has 5 nitrogen and oxygen atoms in total. The molecular weight excluding hydrogens is 424 g/mol. The summed E-state index contributed by atoms with van der Waals surface area (Å²) in [6.07, 6.45) is 1.58. The van der Waals surface area contributed by atoms with E-state index in [0.29, 0.717) is 12.4 Å². The van der Waals surface area contributed by atoms with E-state index in [0.717, 1.165) is 28.0 Å². The molecule has 0 spiro atoms. The molecule has 5 heteroatoms. The first kappa shape index (κ1) is 22.8. The molecule has 0 aliphatic carbocycles. The molecule has 0 saturated heterocycles. The largest absolute Gasteiger partial charge is 0.489 e. The monoisotopic (exact) mass is 450 g/mol. The normalized spacial score (nSPS) is 10.7. The summed E-state index contributed by atoms with van der Waals surface area (Å²) in [6, 6.07) is 33.3. The Morgan fingerprint density at radius 2 is 1.53 bits per heavy atom. The van der Waals surface area contributed by atoms with Gasteiger partial charge < -0.3 is 9.47 Å². The van der Waals surface area contributed by atoms with Crippen molar-refractivity contribution >= 4 is 12.1 Å². The fraction of sp³-hybridized carbons (Fsp3) is 0.103. The average Bonchev–Trinajstić information content (AvgIpc) is 2.88. The van der Waals surface area contributed by atoms with Gasteiger partial charge in [0.05, 0.1) is 6.21 Å². The first-order valence-electron chi connectivity index (χ1n) is 11.0. The Labute approximate surface area is 199 Å². The third-order valence-corrected chi connectivity index (χ3v) is 5.14. The first-order valence-corrected chi connectivity index (χ1v) is 11.0. The van der Waals surface area contributed by atoms with Crippen molar-refractivity contribution in [2.45, 2.75) is 13.5 Å². The highest BCUT2D eigenvalue weighted by Gasteiger charge is 2.07. The number of hydrazone groups is 1. The van der Waals surface area contributed by atoms with Crippen molar-refractivity contribution in [3.05, 3.63) is 120 Å². The van der Waals surface area contributed by atoms with Crippen LogP contribution in [-0.4, -0.2) is 18.7 Å². The second-order valence-electron chi connectivity index (χ2n) is 7.79. The molecule has 0 aromatic heterocycles. The summed E-state index contributed by atoms with van der Waals surface area (Å²) < 4.78 is 11.6. The minimum Gasteiger partial charge on any atom is -0.489 e. The number of carbonyl (C=O) groups is 1. The molecule has 0 aliphatic rings. The minimum atomic E-state index is -0.336. The third kappa shape index (κ3) is 6.56. The van der Waals surface area contributed by atoms with Crippen LogP contribution >= 0.6 is 0 Å². The van der Waals surface area contributed by atoms with Crippen molar-refractivity contribution in [1.29, 1.82) is 0 Å². The summed E-state index contributed by atoms with van der Waals surface area (Å²) in [4.78, 5) is 12.2. The van der Waals surface area contributed by atoms with Crippen molar-refractivity contribution in [2.75, 3.05) is 6.61 Å². The number of hydrogen-bond donors (Lipinski definition) is 1. The van der Waals surface area contributed by atoms with E-state index in [1.807, 2.05) is 78.9 Å². The van der Waals surface area contributed by atoms with Gasteiger partial charge in [-0.15, -0.1) is 0 Å².